The summed E-state index contributed by atoms with van der Waals surface area (Å²) in [6.07, 6.45) is 2.86. The second-order valence-electron chi connectivity index (χ2n) is 4.68. The number of rotatable bonds is 7. The minimum Gasteiger partial charge on any atom is -0.377 e. The van der Waals surface area contributed by atoms with Crippen LogP contribution in [0.3, 0.4) is 0 Å². The third kappa shape index (κ3) is 6.15. The first kappa shape index (κ1) is 16.5. The molecule has 0 fully saturated rings. The molecule has 7 heteroatoms. The van der Waals surface area contributed by atoms with Gasteiger partial charge in [0.05, 0.1) is 12.3 Å². The highest BCUT2D eigenvalue weighted by Crippen LogP contribution is 2.16. The molecule has 0 aliphatic carbocycles. The van der Waals surface area contributed by atoms with Crippen molar-refractivity contribution in [2.24, 2.45) is 15.9 Å². The van der Waals surface area contributed by atoms with E-state index in [1.807, 2.05) is 6.07 Å². The van der Waals surface area contributed by atoms with Crippen LogP contribution in [0.25, 0.3) is 0 Å². The molecule has 0 spiro atoms. The Hall–Kier alpha value is -0.920. The first-order valence-corrected chi connectivity index (χ1v) is 8.46. The first-order chi connectivity index (χ1) is 10.1. The Balaban J connectivity index is 1.60. The van der Waals surface area contributed by atoms with Crippen LogP contribution < -0.4 is 5.73 Å². The Bertz CT molecular complexity index is 531. The average molecular weight is 374 g/mol. The van der Waals surface area contributed by atoms with E-state index in [1.165, 1.54) is 23.9 Å². The molecule has 4 nitrogen and oxygen atoms in total. The second-order valence-corrected chi connectivity index (χ2v) is 6.59. The topological polar surface area (TPSA) is 60.0 Å². The molecule has 0 saturated carbocycles. The molecule has 0 saturated heterocycles. The van der Waals surface area contributed by atoms with Crippen LogP contribution in [0.4, 0.5) is 4.39 Å². The Kier molecular flexibility index (Phi) is 6.66. The lowest BCUT2D eigenvalue weighted by molar-refractivity contribution is 0.117. The van der Waals surface area contributed by atoms with E-state index in [0.717, 1.165) is 40.8 Å². The molecular formula is C14H17BrFN3OS. The van der Waals surface area contributed by atoms with Crippen molar-refractivity contribution in [3.63, 3.8) is 0 Å². The maximum Gasteiger partial charge on any atom is 0.180 e. The Morgan fingerprint density at radius 3 is 2.86 bits per heavy atom. The van der Waals surface area contributed by atoms with Crippen molar-refractivity contribution < 1.29 is 9.13 Å². The predicted octanol–water partition coefficient (Wildman–Crippen LogP) is 3.69. The number of benzene rings is 1. The van der Waals surface area contributed by atoms with Crippen LogP contribution in [0.15, 0.2) is 32.9 Å². The molecule has 2 N–H and O–H groups in total. The highest BCUT2D eigenvalue weighted by atomic mass is 79.9. The molecule has 0 radical (unpaired) electrons. The van der Waals surface area contributed by atoms with Crippen molar-refractivity contribution in [1.29, 1.82) is 0 Å². The Labute approximate surface area is 136 Å². The van der Waals surface area contributed by atoms with Crippen LogP contribution in [0.1, 0.15) is 24.8 Å². The number of nitrogens with two attached hydrogens (primary N) is 1. The highest BCUT2D eigenvalue weighted by molar-refractivity contribution is 9.10. The highest BCUT2D eigenvalue weighted by Gasteiger charge is 2.07. The second kappa shape index (κ2) is 8.51. The maximum absolute atomic E-state index is 13.2. The summed E-state index contributed by atoms with van der Waals surface area (Å²) in [5.41, 5.74) is 7.43. The van der Waals surface area contributed by atoms with Crippen molar-refractivity contribution in [1.82, 2.24) is 0 Å². The zero-order valence-corrected chi connectivity index (χ0v) is 13.9. The molecule has 1 aliphatic rings. The summed E-state index contributed by atoms with van der Waals surface area (Å²) in [6, 6.07) is 4.78. The largest absolute Gasteiger partial charge is 0.377 e. The molecule has 1 aromatic carbocycles. The summed E-state index contributed by atoms with van der Waals surface area (Å²) in [5.74, 6) is 0.573. The van der Waals surface area contributed by atoms with Crippen LogP contribution in [-0.4, -0.2) is 23.2 Å². The number of thioether (sulfide) groups is 1. The zero-order valence-electron chi connectivity index (χ0n) is 11.5. The van der Waals surface area contributed by atoms with Crippen LogP contribution in [0.2, 0.25) is 0 Å². The number of nitrogens with zero attached hydrogens (tertiary/aromatic N) is 2. The smallest absolute Gasteiger partial charge is 0.180 e. The fourth-order valence-electron chi connectivity index (χ4n) is 1.87. The molecule has 0 amide bonds. The summed E-state index contributed by atoms with van der Waals surface area (Å²) in [5, 5.41) is 8.45. The van der Waals surface area contributed by atoms with Gasteiger partial charge >= 0.3 is 0 Å². The molecular weight excluding hydrogens is 357 g/mol. The van der Waals surface area contributed by atoms with Crippen molar-refractivity contribution in [3.05, 3.63) is 34.1 Å². The van der Waals surface area contributed by atoms with Gasteiger partial charge in [-0.3, -0.25) is 0 Å². The summed E-state index contributed by atoms with van der Waals surface area (Å²) in [7, 11) is 0. The summed E-state index contributed by atoms with van der Waals surface area (Å²) < 4.78 is 19.5. The van der Waals surface area contributed by atoms with Gasteiger partial charge in [-0.25, -0.2) is 4.39 Å². The van der Waals surface area contributed by atoms with E-state index < -0.39 is 0 Å². The van der Waals surface area contributed by atoms with Crippen LogP contribution in [-0.2, 0) is 11.3 Å². The summed E-state index contributed by atoms with van der Waals surface area (Å²) >= 11 is 4.79. The van der Waals surface area contributed by atoms with E-state index in [0.29, 0.717) is 18.4 Å². The standard InChI is InChI=1S/C14H17BrFN3OS/c15-11-5-10(6-12(16)7-11)8-20-4-2-1-3-13-9-21-14(17)19-18-13/h5-7H,1-4,8-9H2,(H2,17,19). The Morgan fingerprint density at radius 2 is 2.14 bits per heavy atom. The van der Waals surface area contributed by atoms with Gasteiger partial charge in [0.15, 0.2) is 5.17 Å². The minimum atomic E-state index is -0.254. The predicted molar refractivity (Wildman–Crippen MR) is 89.1 cm³/mol. The van der Waals surface area contributed by atoms with Gasteiger partial charge in [-0.05, 0) is 43.0 Å². The molecule has 0 unspecified atom stereocenters. The quantitative estimate of drug-likeness (QED) is 0.741. The van der Waals surface area contributed by atoms with Crippen LogP contribution in [0.5, 0.6) is 0 Å². The summed E-state index contributed by atoms with van der Waals surface area (Å²) in [6.45, 7) is 1.08. The number of halogens is 2. The van der Waals surface area contributed by atoms with Gasteiger partial charge in [-0.2, -0.15) is 5.10 Å². The lowest BCUT2D eigenvalue weighted by Gasteiger charge is -2.09. The van der Waals surface area contributed by atoms with E-state index in [-0.39, 0.29) is 5.82 Å². The zero-order chi connectivity index (χ0) is 15.1. The minimum absolute atomic E-state index is 0.254. The lowest BCUT2D eigenvalue weighted by Crippen LogP contribution is -2.15. The number of amidine groups is 1. The fourth-order valence-corrected chi connectivity index (χ4v) is 3.00. The van der Waals surface area contributed by atoms with Gasteiger partial charge < -0.3 is 10.5 Å². The molecule has 0 aromatic heterocycles. The van der Waals surface area contributed by atoms with E-state index in [1.54, 1.807) is 0 Å². The molecule has 1 aromatic rings. The third-order valence-corrected chi connectivity index (χ3v) is 4.18. The average Bonchev–Trinajstić information content (AvgIpc) is 2.43. The molecule has 21 heavy (non-hydrogen) atoms. The van der Waals surface area contributed by atoms with Crippen molar-refractivity contribution in [3.8, 4) is 0 Å². The van der Waals surface area contributed by atoms with Crippen molar-refractivity contribution in [2.45, 2.75) is 25.9 Å². The third-order valence-electron chi connectivity index (χ3n) is 2.87. The van der Waals surface area contributed by atoms with Gasteiger partial charge in [-0.15, -0.1) is 5.10 Å². The molecule has 0 atom stereocenters. The molecule has 0 bridgehead atoms. The van der Waals surface area contributed by atoms with Gasteiger partial charge in [0, 0.05) is 16.8 Å². The molecule has 114 valence electrons. The summed E-state index contributed by atoms with van der Waals surface area (Å²) in [4.78, 5) is 0. The maximum atomic E-state index is 13.2. The number of hydrogen-bond acceptors (Lipinski definition) is 5. The van der Waals surface area contributed by atoms with E-state index in [9.17, 15) is 4.39 Å². The number of unbranched alkanes of at least 4 members (excludes halogenated alkanes) is 1. The molecule has 1 heterocycles. The van der Waals surface area contributed by atoms with Gasteiger partial charge in [0.1, 0.15) is 5.82 Å². The van der Waals surface area contributed by atoms with Crippen molar-refractivity contribution >= 4 is 38.6 Å². The van der Waals surface area contributed by atoms with E-state index >= 15 is 0 Å². The van der Waals surface area contributed by atoms with Crippen LogP contribution >= 0.6 is 27.7 Å². The van der Waals surface area contributed by atoms with Gasteiger partial charge in [0.2, 0.25) is 0 Å². The van der Waals surface area contributed by atoms with Crippen molar-refractivity contribution in [2.75, 3.05) is 12.4 Å². The van der Waals surface area contributed by atoms with Gasteiger partial charge in [-0.1, -0.05) is 27.7 Å². The van der Waals surface area contributed by atoms with E-state index in [2.05, 4.69) is 26.1 Å². The number of hydrogen-bond donors (Lipinski definition) is 1. The van der Waals surface area contributed by atoms with Crippen LogP contribution in [0, 0.1) is 5.82 Å². The first-order valence-electron chi connectivity index (χ1n) is 6.68. The Morgan fingerprint density at radius 1 is 1.29 bits per heavy atom. The van der Waals surface area contributed by atoms with E-state index in [4.69, 9.17) is 10.5 Å². The fraction of sp³-hybridized carbons (Fsp3) is 0.429. The normalized spacial score (nSPS) is 14.8. The number of ether oxygens (including phenoxy) is 1. The molecule has 2 rings (SSSR count). The van der Waals surface area contributed by atoms with Gasteiger partial charge in [0.25, 0.3) is 0 Å². The lowest BCUT2D eigenvalue weighted by atomic mass is 10.2. The monoisotopic (exact) mass is 373 g/mol. The SMILES string of the molecule is NC1=NN=C(CCCCOCc2cc(F)cc(Br)c2)CS1. The molecule has 1 aliphatic heterocycles.